The lowest BCUT2D eigenvalue weighted by Crippen LogP contribution is -2.45. The molecule has 30 heavy (non-hydrogen) atoms. The van der Waals surface area contributed by atoms with Crippen LogP contribution in [0.3, 0.4) is 0 Å². The highest BCUT2D eigenvalue weighted by Gasteiger charge is 2.33. The highest BCUT2D eigenvalue weighted by molar-refractivity contribution is 7.89. The second-order valence-electron chi connectivity index (χ2n) is 7.17. The number of piperidine rings is 1. The minimum atomic E-state index is -3.60. The van der Waals surface area contributed by atoms with Crippen LogP contribution in [0.15, 0.2) is 72.0 Å². The number of aromatic nitrogens is 3. The van der Waals surface area contributed by atoms with Crippen molar-refractivity contribution < 1.29 is 13.2 Å². The van der Waals surface area contributed by atoms with Crippen LogP contribution in [0.4, 0.5) is 0 Å². The molecular formula is C21H23N5O3S. The number of amides is 1. The first-order valence-corrected chi connectivity index (χ1v) is 11.3. The van der Waals surface area contributed by atoms with Crippen LogP contribution < -0.4 is 5.32 Å². The molecule has 1 aliphatic heterocycles. The van der Waals surface area contributed by atoms with Crippen molar-refractivity contribution in [1.29, 1.82) is 0 Å². The van der Waals surface area contributed by atoms with E-state index in [1.165, 1.54) is 4.31 Å². The third-order valence-corrected chi connectivity index (χ3v) is 7.06. The summed E-state index contributed by atoms with van der Waals surface area (Å²) in [6.07, 6.45) is 6.44. The van der Waals surface area contributed by atoms with E-state index in [4.69, 9.17) is 0 Å². The number of rotatable bonds is 6. The van der Waals surface area contributed by atoms with Gasteiger partial charge in [-0.3, -0.25) is 4.79 Å². The lowest BCUT2D eigenvalue weighted by molar-refractivity contribution is -0.126. The molecule has 0 saturated carbocycles. The van der Waals surface area contributed by atoms with E-state index in [0.717, 1.165) is 5.56 Å². The summed E-state index contributed by atoms with van der Waals surface area (Å²) in [5, 5.41) is 7.14. The second-order valence-corrected chi connectivity index (χ2v) is 9.11. The summed E-state index contributed by atoms with van der Waals surface area (Å²) in [4.78, 5) is 17.4. The number of benzene rings is 1. The fourth-order valence-corrected chi connectivity index (χ4v) is 5.16. The monoisotopic (exact) mass is 425 g/mol. The molecule has 156 valence electrons. The molecule has 8 nitrogen and oxygen atoms in total. The number of sulfonamides is 1. The zero-order valence-electron chi connectivity index (χ0n) is 16.4. The average molecular weight is 426 g/mol. The van der Waals surface area contributed by atoms with Crippen LogP contribution in [0.25, 0.3) is 5.82 Å². The maximum absolute atomic E-state index is 12.9. The fraction of sp³-hybridized carbons (Fsp3) is 0.286. The molecule has 2 aromatic heterocycles. The number of hydrogen-bond donors (Lipinski definition) is 1. The van der Waals surface area contributed by atoms with Crippen molar-refractivity contribution in [3.8, 4) is 5.82 Å². The zero-order valence-corrected chi connectivity index (χ0v) is 17.2. The summed E-state index contributed by atoms with van der Waals surface area (Å²) in [5.41, 5.74) is 0.833. The van der Waals surface area contributed by atoms with Crippen LogP contribution in [0.5, 0.6) is 0 Å². The van der Waals surface area contributed by atoms with Gasteiger partial charge in [-0.1, -0.05) is 24.3 Å². The Bertz CT molecular complexity index is 1100. The Hall–Kier alpha value is -3.04. The Morgan fingerprint density at radius 1 is 1.10 bits per heavy atom. The third-order valence-electron chi connectivity index (χ3n) is 5.18. The van der Waals surface area contributed by atoms with E-state index in [1.54, 1.807) is 59.7 Å². The Morgan fingerprint density at radius 2 is 1.93 bits per heavy atom. The van der Waals surface area contributed by atoms with Crippen molar-refractivity contribution in [3.63, 3.8) is 0 Å². The number of pyridine rings is 1. The summed E-state index contributed by atoms with van der Waals surface area (Å²) in [6, 6.07) is 13.8. The van der Waals surface area contributed by atoms with Crippen molar-refractivity contribution in [2.75, 3.05) is 13.1 Å². The normalized spacial score (nSPS) is 17.5. The van der Waals surface area contributed by atoms with Gasteiger partial charge >= 0.3 is 0 Å². The molecule has 3 heterocycles. The zero-order chi connectivity index (χ0) is 21.0. The van der Waals surface area contributed by atoms with Gasteiger partial charge in [0, 0.05) is 43.8 Å². The van der Waals surface area contributed by atoms with Crippen molar-refractivity contribution in [2.24, 2.45) is 5.92 Å². The molecule has 1 saturated heterocycles. The Labute approximate surface area is 175 Å². The van der Waals surface area contributed by atoms with Crippen LogP contribution in [0.2, 0.25) is 0 Å². The van der Waals surface area contributed by atoms with E-state index < -0.39 is 10.0 Å². The van der Waals surface area contributed by atoms with Gasteiger partial charge in [-0.15, -0.1) is 0 Å². The molecule has 1 aromatic carbocycles. The van der Waals surface area contributed by atoms with E-state index in [2.05, 4.69) is 15.4 Å². The molecule has 3 aromatic rings. The van der Waals surface area contributed by atoms with Gasteiger partial charge in [0.2, 0.25) is 15.9 Å². The maximum atomic E-state index is 12.9. The van der Waals surface area contributed by atoms with Crippen LogP contribution in [0.1, 0.15) is 18.4 Å². The lowest BCUT2D eigenvalue weighted by atomic mass is 9.99. The number of hydrogen-bond acceptors (Lipinski definition) is 5. The van der Waals surface area contributed by atoms with E-state index in [9.17, 15) is 13.2 Å². The topological polar surface area (TPSA) is 97.2 Å². The van der Waals surface area contributed by atoms with Gasteiger partial charge in [0.15, 0.2) is 5.82 Å². The van der Waals surface area contributed by atoms with Crippen molar-refractivity contribution >= 4 is 15.9 Å². The molecule has 9 heteroatoms. The average Bonchev–Trinajstić information content (AvgIpc) is 3.33. The van der Waals surface area contributed by atoms with Gasteiger partial charge < -0.3 is 5.32 Å². The van der Waals surface area contributed by atoms with Gasteiger partial charge in [0.05, 0.1) is 10.8 Å². The summed E-state index contributed by atoms with van der Waals surface area (Å²) in [6.45, 7) is 0.902. The molecule has 1 atom stereocenters. The Balaban J connectivity index is 1.43. The molecule has 1 aliphatic rings. The molecule has 1 amide bonds. The first-order chi connectivity index (χ1) is 14.6. The van der Waals surface area contributed by atoms with Crippen molar-refractivity contribution in [2.45, 2.75) is 24.3 Å². The predicted octanol–water partition coefficient (Wildman–Crippen LogP) is 1.98. The highest BCUT2D eigenvalue weighted by atomic mass is 32.2. The van der Waals surface area contributed by atoms with Crippen molar-refractivity contribution in [1.82, 2.24) is 24.4 Å². The Kier molecular flexibility index (Phi) is 5.91. The smallest absolute Gasteiger partial charge is 0.243 e. The van der Waals surface area contributed by atoms with Crippen LogP contribution in [0, 0.1) is 5.92 Å². The molecule has 4 rings (SSSR count). The summed E-state index contributed by atoms with van der Waals surface area (Å²) >= 11 is 0. The minimum Gasteiger partial charge on any atom is -0.352 e. The van der Waals surface area contributed by atoms with Crippen LogP contribution in [-0.2, 0) is 21.4 Å². The number of carbonyl (C=O) groups is 1. The summed E-state index contributed by atoms with van der Waals surface area (Å²) in [5.74, 6) is 0.111. The third kappa shape index (κ3) is 4.27. The van der Waals surface area contributed by atoms with E-state index >= 15 is 0 Å². The highest BCUT2D eigenvalue weighted by Crippen LogP contribution is 2.24. The minimum absolute atomic E-state index is 0.154. The summed E-state index contributed by atoms with van der Waals surface area (Å²) in [7, 11) is -3.60. The molecule has 0 spiro atoms. The van der Waals surface area contributed by atoms with Gasteiger partial charge in [0.1, 0.15) is 0 Å². The Morgan fingerprint density at radius 3 is 2.70 bits per heavy atom. The first-order valence-electron chi connectivity index (χ1n) is 9.82. The van der Waals surface area contributed by atoms with Crippen LogP contribution in [-0.4, -0.2) is 46.5 Å². The molecule has 1 N–H and O–H groups in total. The van der Waals surface area contributed by atoms with E-state index in [-0.39, 0.29) is 23.3 Å². The lowest BCUT2D eigenvalue weighted by Gasteiger charge is -2.31. The number of carbonyl (C=O) groups excluding carboxylic acids is 1. The largest absolute Gasteiger partial charge is 0.352 e. The molecule has 0 radical (unpaired) electrons. The van der Waals surface area contributed by atoms with Gasteiger partial charge in [-0.25, -0.2) is 18.1 Å². The molecule has 1 fully saturated rings. The van der Waals surface area contributed by atoms with Crippen molar-refractivity contribution in [3.05, 3.63) is 72.7 Å². The molecule has 0 aliphatic carbocycles. The SMILES string of the molecule is O=C(NCc1cccnc1-n1cccn1)C1CCCN(S(=O)(=O)c2ccccc2)C1. The van der Waals surface area contributed by atoms with Gasteiger partial charge in [-0.05, 0) is 37.1 Å². The predicted molar refractivity (Wildman–Crippen MR) is 111 cm³/mol. The first kappa shape index (κ1) is 20.2. The molecule has 1 unspecified atom stereocenters. The standard InChI is InChI=1S/C21H23N5O3S/c27-21(23-15-17-7-4-11-22-20(17)26-14-6-12-24-26)18-8-5-13-25(16-18)30(28,29)19-9-2-1-3-10-19/h1-4,6-7,9-12,14,18H,5,8,13,15-16H2,(H,23,27). The number of nitrogens with one attached hydrogen (secondary N) is 1. The van der Waals surface area contributed by atoms with Gasteiger partial charge in [0.25, 0.3) is 0 Å². The maximum Gasteiger partial charge on any atom is 0.243 e. The second kappa shape index (κ2) is 8.76. The van der Waals surface area contributed by atoms with Crippen LogP contribution >= 0.6 is 0 Å². The van der Waals surface area contributed by atoms with E-state index in [1.807, 2.05) is 12.1 Å². The number of nitrogens with zero attached hydrogens (tertiary/aromatic N) is 4. The van der Waals surface area contributed by atoms with E-state index in [0.29, 0.717) is 31.7 Å². The summed E-state index contributed by atoms with van der Waals surface area (Å²) < 4.78 is 28.8. The quantitative estimate of drug-likeness (QED) is 0.651. The fourth-order valence-electron chi connectivity index (χ4n) is 3.61. The molecular weight excluding hydrogens is 402 g/mol. The molecule has 0 bridgehead atoms. The van der Waals surface area contributed by atoms with Gasteiger partial charge in [-0.2, -0.15) is 9.40 Å².